The first-order chi connectivity index (χ1) is 9.61. The molecule has 20 heavy (non-hydrogen) atoms. The predicted molar refractivity (Wildman–Crippen MR) is 71.0 cm³/mol. The number of rotatable bonds is 3. The molecule has 104 valence electrons. The van der Waals surface area contributed by atoms with Gasteiger partial charge in [-0.05, 0) is 36.8 Å². The van der Waals surface area contributed by atoms with Crippen LogP contribution in [0.1, 0.15) is 18.5 Å². The lowest BCUT2D eigenvalue weighted by Gasteiger charge is -2.16. The van der Waals surface area contributed by atoms with E-state index >= 15 is 0 Å². The highest BCUT2D eigenvalue weighted by Gasteiger charge is 2.16. The summed E-state index contributed by atoms with van der Waals surface area (Å²) in [5, 5.41) is 3.05. The van der Waals surface area contributed by atoms with Gasteiger partial charge < -0.3 is 14.8 Å². The minimum Gasteiger partial charge on any atom is -0.454 e. The lowest BCUT2D eigenvalue weighted by molar-refractivity contribution is 0.174. The molecule has 0 radical (unpaired) electrons. The molecule has 5 heteroatoms. The van der Waals surface area contributed by atoms with Gasteiger partial charge in [0.25, 0.3) is 0 Å². The van der Waals surface area contributed by atoms with Crippen molar-refractivity contribution < 1.29 is 18.3 Å². The summed E-state index contributed by atoms with van der Waals surface area (Å²) >= 11 is 0. The number of benzene rings is 2. The fourth-order valence-electron chi connectivity index (χ4n) is 2.15. The van der Waals surface area contributed by atoms with E-state index < -0.39 is 11.6 Å². The van der Waals surface area contributed by atoms with Crippen LogP contribution in [-0.4, -0.2) is 6.79 Å². The van der Waals surface area contributed by atoms with Gasteiger partial charge in [-0.15, -0.1) is 0 Å². The molecule has 1 unspecified atom stereocenters. The van der Waals surface area contributed by atoms with Crippen molar-refractivity contribution in [1.82, 2.24) is 0 Å². The van der Waals surface area contributed by atoms with Crippen LogP contribution in [0.25, 0.3) is 0 Å². The number of ether oxygens (including phenoxy) is 2. The van der Waals surface area contributed by atoms with Crippen LogP contribution < -0.4 is 14.8 Å². The Morgan fingerprint density at radius 2 is 1.70 bits per heavy atom. The number of fused-ring (bicyclic) bond motifs is 1. The van der Waals surface area contributed by atoms with Gasteiger partial charge in [-0.3, -0.25) is 0 Å². The van der Waals surface area contributed by atoms with Gasteiger partial charge in [-0.25, -0.2) is 8.78 Å². The molecule has 1 N–H and O–H groups in total. The number of nitrogens with one attached hydrogen (secondary N) is 1. The highest BCUT2D eigenvalue weighted by molar-refractivity contribution is 5.49. The van der Waals surface area contributed by atoms with Gasteiger partial charge in [-0.2, -0.15) is 0 Å². The third-order valence-corrected chi connectivity index (χ3v) is 3.14. The van der Waals surface area contributed by atoms with Crippen LogP contribution in [-0.2, 0) is 0 Å². The van der Waals surface area contributed by atoms with Crippen LogP contribution in [0.4, 0.5) is 14.5 Å². The van der Waals surface area contributed by atoms with E-state index in [0.29, 0.717) is 17.2 Å². The number of hydrogen-bond acceptors (Lipinski definition) is 3. The molecular weight excluding hydrogens is 264 g/mol. The monoisotopic (exact) mass is 277 g/mol. The predicted octanol–water partition coefficient (Wildman–Crippen LogP) is 3.87. The molecule has 0 saturated heterocycles. The Balaban J connectivity index is 1.80. The van der Waals surface area contributed by atoms with Crippen molar-refractivity contribution in [2.45, 2.75) is 13.0 Å². The molecule has 0 bridgehead atoms. The maximum atomic E-state index is 13.1. The molecule has 1 aliphatic heterocycles. The Morgan fingerprint density at radius 1 is 1.00 bits per heavy atom. The number of hydrogen-bond donors (Lipinski definition) is 1. The van der Waals surface area contributed by atoms with E-state index in [9.17, 15) is 8.78 Å². The van der Waals surface area contributed by atoms with Crippen LogP contribution in [0.3, 0.4) is 0 Å². The van der Waals surface area contributed by atoms with Crippen LogP contribution in [0.15, 0.2) is 36.4 Å². The Morgan fingerprint density at radius 3 is 2.45 bits per heavy atom. The van der Waals surface area contributed by atoms with Crippen LogP contribution in [0.5, 0.6) is 11.5 Å². The van der Waals surface area contributed by atoms with E-state index in [1.807, 2.05) is 25.1 Å². The molecule has 3 rings (SSSR count). The maximum Gasteiger partial charge on any atom is 0.231 e. The van der Waals surface area contributed by atoms with E-state index in [0.717, 1.165) is 11.6 Å². The standard InChI is InChI=1S/C15H13F2NO2/c1-9(18-13-6-11(16)5-12(17)7-13)10-2-3-14-15(4-10)20-8-19-14/h2-7,9,18H,8H2,1H3. The average Bonchev–Trinajstić information content (AvgIpc) is 2.84. The molecule has 0 spiro atoms. The highest BCUT2D eigenvalue weighted by atomic mass is 19.1. The lowest BCUT2D eigenvalue weighted by atomic mass is 10.1. The second-order valence-corrected chi connectivity index (χ2v) is 4.64. The summed E-state index contributed by atoms with van der Waals surface area (Å²) in [4.78, 5) is 0. The fourth-order valence-corrected chi connectivity index (χ4v) is 2.15. The third kappa shape index (κ3) is 2.52. The zero-order valence-electron chi connectivity index (χ0n) is 10.8. The summed E-state index contributed by atoms with van der Waals surface area (Å²) in [5.74, 6) is 0.176. The van der Waals surface area contributed by atoms with E-state index in [1.165, 1.54) is 12.1 Å². The second-order valence-electron chi connectivity index (χ2n) is 4.64. The van der Waals surface area contributed by atoms with Gasteiger partial charge in [-0.1, -0.05) is 6.07 Å². The molecule has 0 saturated carbocycles. The molecule has 0 aromatic heterocycles. The van der Waals surface area contributed by atoms with Crippen molar-refractivity contribution in [2.24, 2.45) is 0 Å². The Hall–Kier alpha value is -2.30. The smallest absolute Gasteiger partial charge is 0.231 e. The molecule has 1 aliphatic rings. The average molecular weight is 277 g/mol. The quantitative estimate of drug-likeness (QED) is 0.924. The summed E-state index contributed by atoms with van der Waals surface area (Å²) in [5.41, 5.74) is 1.34. The molecule has 1 atom stereocenters. The largest absolute Gasteiger partial charge is 0.454 e. The summed E-state index contributed by atoms with van der Waals surface area (Å²) in [6.45, 7) is 2.12. The molecule has 2 aromatic rings. The fraction of sp³-hybridized carbons (Fsp3) is 0.200. The number of halogens is 2. The Bertz CT molecular complexity index is 626. The summed E-state index contributed by atoms with van der Waals surface area (Å²) in [7, 11) is 0. The van der Waals surface area contributed by atoms with Gasteiger partial charge in [0, 0.05) is 17.8 Å². The van der Waals surface area contributed by atoms with Gasteiger partial charge >= 0.3 is 0 Å². The molecular formula is C15H13F2NO2. The highest BCUT2D eigenvalue weighted by Crippen LogP contribution is 2.34. The van der Waals surface area contributed by atoms with Gasteiger partial charge in [0.1, 0.15) is 11.6 Å². The van der Waals surface area contributed by atoms with Crippen LogP contribution in [0, 0.1) is 11.6 Å². The zero-order chi connectivity index (χ0) is 14.1. The molecule has 0 aliphatic carbocycles. The topological polar surface area (TPSA) is 30.5 Å². The van der Waals surface area contributed by atoms with E-state index in [2.05, 4.69) is 5.32 Å². The van der Waals surface area contributed by atoms with Gasteiger partial charge in [0.05, 0.1) is 0 Å². The van der Waals surface area contributed by atoms with Crippen molar-refractivity contribution in [3.63, 3.8) is 0 Å². The van der Waals surface area contributed by atoms with Gasteiger partial charge in [0.15, 0.2) is 11.5 Å². The Kier molecular flexibility index (Phi) is 3.18. The molecule has 0 fully saturated rings. The molecule has 3 nitrogen and oxygen atoms in total. The number of anilines is 1. The zero-order valence-corrected chi connectivity index (χ0v) is 10.8. The molecule has 0 amide bonds. The normalized spacial score (nSPS) is 14.2. The van der Waals surface area contributed by atoms with E-state index in [1.54, 1.807) is 0 Å². The lowest BCUT2D eigenvalue weighted by Crippen LogP contribution is -2.07. The first kappa shape index (κ1) is 12.7. The van der Waals surface area contributed by atoms with Crippen molar-refractivity contribution in [2.75, 3.05) is 12.1 Å². The first-order valence-corrected chi connectivity index (χ1v) is 6.24. The summed E-state index contributed by atoms with van der Waals surface area (Å²) < 4.78 is 36.8. The minimum absolute atomic E-state index is 0.120. The van der Waals surface area contributed by atoms with Crippen molar-refractivity contribution >= 4 is 5.69 Å². The van der Waals surface area contributed by atoms with E-state index in [4.69, 9.17) is 9.47 Å². The van der Waals surface area contributed by atoms with Crippen LogP contribution in [0.2, 0.25) is 0 Å². The maximum absolute atomic E-state index is 13.1. The summed E-state index contributed by atoms with van der Waals surface area (Å²) in [6, 6.07) is 8.80. The third-order valence-electron chi connectivity index (χ3n) is 3.14. The van der Waals surface area contributed by atoms with Crippen molar-refractivity contribution in [1.29, 1.82) is 0 Å². The Labute approximate surface area is 115 Å². The van der Waals surface area contributed by atoms with Crippen LogP contribution >= 0.6 is 0 Å². The van der Waals surface area contributed by atoms with Crippen molar-refractivity contribution in [3.05, 3.63) is 53.6 Å². The van der Waals surface area contributed by atoms with Crippen molar-refractivity contribution in [3.8, 4) is 11.5 Å². The SMILES string of the molecule is CC(Nc1cc(F)cc(F)c1)c1ccc2c(c1)OCO2. The molecule has 1 heterocycles. The summed E-state index contributed by atoms with van der Waals surface area (Å²) in [6.07, 6.45) is 0. The molecule has 2 aromatic carbocycles. The minimum atomic E-state index is -0.606. The van der Waals surface area contributed by atoms with Gasteiger partial charge in [0.2, 0.25) is 6.79 Å². The first-order valence-electron chi connectivity index (χ1n) is 6.24. The second kappa shape index (κ2) is 5.00. The van der Waals surface area contributed by atoms with E-state index in [-0.39, 0.29) is 12.8 Å².